The number of nitrogens with two attached hydrogens (primary N) is 1. The van der Waals surface area contributed by atoms with Gasteiger partial charge >= 0.3 is 0 Å². The number of rotatable bonds is 6. The summed E-state index contributed by atoms with van der Waals surface area (Å²) in [7, 11) is 0. The normalized spacial score (nSPS) is 11.9. The summed E-state index contributed by atoms with van der Waals surface area (Å²) in [4.78, 5) is 18.5. The highest BCUT2D eigenvalue weighted by atomic mass is 32.2. The van der Waals surface area contributed by atoms with Crippen molar-refractivity contribution in [2.24, 2.45) is 5.73 Å². The monoisotopic (exact) mass is 356 g/mol. The minimum atomic E-state index is -2.43. The van der Waals surface area contributed by atoms with Gasteiger partial charge in [-0.15, -0.1) is 0 Å². The molecule has 0 aliphatic heterocycles. The minimum Gasteiger partial charge on any atom is -0.768 e. The molecule has 8 heteroatoms. The fourth-order valence-electron chi connectivity index (χ4n) is 2.32. The van der Waals surface area contributed by atoms with E-state index in [0.717, 1.165) is 11.3 Å². The Hall–Kier alpha value is -2.97. The van der Waals surface area contributed by atoms with Crippen LogP contribution in [0.3, 0.4) is 0 Å². The lowest BCUT2D eigenvalue weighted by Crippen LogP contribution is -2.15. The van der Waals surface area contributed by atoms with E-state index in [1.165, 1.54) is 18.2 Å². The van der Waals surface area contributed by atoms with Gasteiger partial charge in [-0.05, 0) is 53.0 Å². The van der Waals surface area contributed by atoms with Crippen LogP contribution in [0, 0.1) is 0 Å². The highest BCUT2D eigenvalue weighted by Crippen LogP contribution is 2.22. The van der Waals surface area contributed by atoms with Crippen molar-refractivity contribution in [3.63, 3.8) is 0 Å². The number of aromatic amines is 1. The van der Waals surface area contributed by atoms with Crippen LogP contribution in [0.15, 0.2) is 59.9 Å². The topological polar surface area (TPSA) is 121 Å². The summed E-state index contributed by atoms with van der Waals surface area (Å²) in [5.41, 5.74) is 7.81. The summed E-state index contributed by atoms with van der Waals surface area (Å²) in [5, 5.41) is 0. The van der Waals surface area contributed by atoms with Crippen molar-refractivity contribution in [3.8, 4) is 17.0 Å². The molecular formula is C17H14N3O4S-. The number of hydrogen-bond acceptors (Lipinski definition) is 5. The second kappa shape index (κ2) is 7.29. The van der Waals surface area contributed by atoms with Crippen molar-refractivity contribution < 1.29 is 18.3 Å². The third kappa shape index (κ3) is 3.93. The largest absolute Gasteiger partial charge is 0.768 e. The maximum absolute atomic E-state index is 11.5. The van der Waals surface area contributed by atoms with Crippen LogP contribution < -0.4 is 10.5 Å². The van der Waals surface area contributed by atoms with E-state index in [-0.39, 0.29) is 17.1 Å². The molecule has 2 aromatic carbocycles. The van der Waals surface area contributed by atoms with Crippen molar-refractivity contribution in [2.75, 3.05) is 0 Å². The quantitative estimate of drug-likeness (QED) is 0.654. The molecule has 3 rings (SSSR count). The average molecular weight is 356 g/mol. The number of amides is 1. The molecule has 3 aromatic rings. The molecule has 3 N–H and O–H groups in total. The summed E-state index contributed by atoms with van der Waals surface area (Å²) in [5.74, 6) is -0.101. The van der Waals surface area contributed by atoms with Crippen molar-refractivity contribution >= 4 is 17.0 Å². The summed E-state index contributed by atoms with van der Waals surface area (Å²) in [6, 6.07) is 11.5. The highest BCUT2D eigenvalue weighted by Gasteiger charge is 2.11. The molecule has 1 unspecified atom stereocenters. The third-order valence-electron chi connectivity index (χ3n) is 3.60. The highest BCUT2D eigenvalue weighted by molar-refractivity contribution is 7.79. The van der Waals surface area contributed by atoms with E-state index >= 15 is 0 Å². The van der Waals surface area contributed by atoms with Crippen LogP contribution in [0.5, 0.6) is 5.75 Å². The predicted molar refractivity (Wildman–Crippen MR) is 90.5 cm³/mol. The molecule has 0 aliphatic rings. The summed E-state index contributed by atoms with van der Waals surface area (Å²) < 4.78 is 27.7. The molecule has 1 atom stereocenters. The van der Waals surface area contributed by atoms with E-state index in [4.69, 9.17) is 10.5 Å². The summed E-state index contributed by atoms with van der Waals surface area (Å²) in [6.07, 6.45) is 3.32. The fourth-order valence-corrected chi connectivity index (χ4v) is 2.71. The van der Waals surface area contributed by atoms with E-state index in [1.54, 1.807) is 24.7 Å². The number of carbonyl (C=O) groups excluding carboxylic acids is 1. The number of carbonyl (C=O) groups is 1. The van der Waals surface area contributed by atoms with E-state index in [0.29, 0.717) is 11.3 Å². The lowest BCUT2D eigenvalue weighted by Gasteiger charge is -2.12. The van der Waals surface area contributed by atoms with Gasteiger partial charge in [0.1, 0.15) is 12.4 Å². The molecule has 1 heterocycles. The molecule has 0 fully saturated rings. The number of nitrogens with zero attached hydrogens (tertiary/aromatic N) is 1. The zero-order valence-corrected chi connectivity index (χ0v) is 13.8. The van der Waals surface area contributed by atoms with Gasteiger partial charge in [0, 0.05) is 16.0 Å². The fraction of sp³-hybridized carbons (Fsp3) is 0.0588. The third-order valence-corrected chi connectivity index (χ3v) is 4.24. The second-order valence-electron chi connectivity index (χ2n) is 5.20. The number of hydrogen-bond donors (Lipinski definition) is 2. The SMILES string of the molecule is NC(=O)c1cc(S(=O)[O-])ccc1COc1ccc(-c2cnc[nH]2)cc1. The van der Waals surface area contributed by atoms with E-state index in [1.807, 2.05) is 12.1 Å². The molecule has 0 saturated carbocycles. The van der Waals surface area contributed by atoms with Crippen LogP contribution >= 0.6 is 0 Å². The molecule has 0 saturated heterocycles. The van der Waals surface area contributed by atoms with Gasteiger partial charge in [-0.25, -0.2) is 4.98 Å². The van der Waals surface area contributed by atoms with Crippen molar-refractivity contribution in [1.29, 1.82) is 0 Å². The maximum Gasteiger partial charge on any atom is 0.249 e. The van der Waals surface area contributed by atoms with Crippen molar-refractivity contribution in [3.05, 3.63) is 66.1 Å². The predicted octanol–water partition coefficient (Wildman–Crippen LogP) is 1.99. The van der Waals surface area contributed by atoms with E-state index in [9.17, 15) is 13.6 Å². The Labute approximate surface area is 146 Å². The lowest BCUT2D eigenvalue weighted by molar-refractivity contribution is 0.0997. The van der Waals surface area contributed by atoms with Crippen molar-refractivity contribution in [1.82, 2.24) is 9.97 Å². The van der Waals surface area contributed by atoms with Gasteiger partial charge in [0.05, 0.1) is 18.2 Å². The first kappa shape index (κ1) is 16.9. The number of benzene rings is 2. The zero-order chi connectivity index (χ0) is 17.8. The first-order valence-corrected chi connectivity index (χ1v) is 8.35. The Morgan fingerprint density at radius 3 is 2.60 bits per heavy atom. The van der Waals surface area contributed by atoms with Gasteiger partial charge in [-0.2, -0.15) is 0 Å². The molecule has 128 valence electrons. The molecule has 0 radical (unpaired) electrons. The number of aromatic nitrogens is 2. The van der Waals surface area contributed by atoms with Gasteiger partial charge in [0.15, 0.2) is 0 Å². The van der Waals surface area contributed by atoms with Crippen LogP contribution in [0.4, 0.5) is 0 Å². The molecule has 1 aromatic heterocycles. The number of ether oxygens (including phenoxy) is 1. The van der Waals surface area contributed by atoms with Crippen molar-refractivity contribution in [2.45, 2.75) is 11.5 Å². The molecular weight excluding hydrogens is 342 g/mol. The van der Waals surface area contributed by atoms with Crippen LogP contribution in [0.1, 0.15) is 15.9 Å². The molecule has 0 bridgehead atoms. The average Bonchev–Trinajstić information content (AvgIpc) is 3.14. The van der Waals surface area contributed by atoms with Crippen LogP contribution in [0.2, 0.25) is 0 Å². The maximum atomic E-state index is 11.5. The minimum absolute atomic E-state index is 0.00135. The first-order chi connectivity index (χ1) is 12.0. The van der Waals surface area contributed by atoms with E-state index in [2.05, 4.69) is 9.97 Å². The molecule has 0 aliphatic carbocycles. The zero-order valence-electron chi connectivity index (χ0n) is 13.0. The summed E-state index contributed by atoms with van der Waals surface area (Å²) in [6.45, 7) is 0.0907. The smallest absolute Gasteiger partial charge is 0.249 e. The van der Waals surface area contributed by atoms with Gasteiger partial charge < -0.3 is 20.0 Å². The van der Waals surface area contributed by atoms with Crippen LogP contribution in [-0.2, 0) is 17.7 Å². The Morgan fingerprint density at radius 2 is 2.00 bits per heavy atom. The van der Waals surface area contributed by atoms with E-state index < -0.39 is 17.0 Å². The Bertz CT molecular complexity index is 908. The van der Waals surface area contributed by atoms with Gasteiger partial charge in [-0.3, -0.25) is 9.00 Å². The Balaban J connectivity index is 1.75. The Kier molecular flexibility index (Phi) is 4.92. The van der Waals surface area contributed by atoms with Gasteiger partial charge in [0.2, 0.25) is 5.91 Å². The second-order valence-corrected chi connectivity index (χ2v) is 6.14. The molecule has 1 amide bonds. The van der Waals surface area contributed by atoms with Gasteiger partial charge in [-0.1, -0.05) is 6.07 Å². The molecule has 0 spiro atoms. The van der Waals surface area contributed by atoms with Crippen LogP contribution in [-0.4, -0.2) is 24.6 Å². The lowest BCUT2D eigenvalue weighted by atomic mass is 10.1. The molecule has 7 nitrogen and oxygen atoms in total. The number of imidazole rings is 1. The molecule has 25 heavy (non-hydrogen) atoms. The summed E-state index contributed by atoms with van der Waals surface area (Å²) >= 11 is -2.43. The number of nitrogens with one attached hydrogen (secondary N) is 1. The van der Waals surface area contributed by atoms with Gasteiger partial charge in [0.25, 0.3) is 0 Å². The number of H-pyrrole nitrogens is 1. The first-order valence-electron chi connectivity index (χ1n) is 7.28. The standard InChI is InChI=1S/C17H15N3O4S/c18-17(21)15-7-14(25(22)23)6-3-12(15)9-24-13-4-1-11(2-5-13)16-8-19-10-20-16/h1-8,10H,9H2,(H2,18,21)(H,19,20)(H,22,23)/p-1. The van der Waals surface area contributed by atoms with Crippen LogP contribution in [0.25, 0.3) is 11.3 Å². The Morgan fingerprint density at radius 1 is 1.24 bits per heavy atom. The number of primary amides is 1.